The fraction of sp³-hybridized carbons (Fsp3) is 0.474. The number of benzene rings is 3. The van der Waals surface area contributed by atoms with Crippen LogP contribution in [0.5, 0.6) is 5.75 Å². The Balaban J connectivity index is 1.51. The third-order valence-corrected chi connectivity index (χ3v) is 8.03. The lowest BCUT2D eigenvalue weighted by Gasteiger charge is -2.20. The van der Waals surface area contributed by atoms with Crippen LogP contribution in [-0.2, 0) is 11.2 Å². The van der Waals surface area contributed by atoms with Crippen molar-refractivity contribution in [3.8, 4) is 16.9 Å². The molecule has 250 valence electrons. The number of carbonyl (C=O) groups excluding carboxylic acids is 2. The highest BCUT2D eigenvalue weighted by Crippen LogP contribution is 2.29. The van der Waals surface area contributed by atoms with E-state index in [0.29, 0.717) is 12.5 Å². The van der Waals surface area contributed by atoms with Crippen molar-refractivity contribution in [3.05, 3.63) is 89.2 Å². The summed E-state index contributed by atoms with van der Waals surface area (Å²) in [6.45, 7) is 4.17. The van der Waals surface area contributed by atoms with E-state index in [1.165, 1.54) is 56.9 Å². The molecule has 0 fully saturated rings. The predicted octanol–water partition coefficient (Wildman–Crippen LogP) is 11.5. The van der Waals surface area contributed by atoms with Gasteiger partial charge in [-0.3, -0.25) is 0 Å². The summed E-state index contributed by atoms with van der Waals surface area (Å²) in [6, 6.07) is 17.9. The highest BCUT2D eigenvalue weighted by Gasteiger charge is 2.42. The Morgan fingerprint density at radius 2 is 1.17 bits per heavy atom. The zero-order valence-corrected chi connectivity index (χ0v) is 27.0. The minimum absolute atomic E-state index is 0.189. The largest absolute Gasteiger partial charge is 0.449 e. The number of hydrogen-bond donors (Lipinski definition) is 0. The molecular formula is C38H46F4O4. The molecule has 0 heterocycles. The molecule has 0 aromatic heterocycles. The van der Waals surface area contributed by atoms with E-state index in [0.717, 1.165) is 42.5 Å². The number of esters is 2. The Hall–Kier alpha value is -3.68. The van der Waals surface area contributed by atoms with Crippen molar-refractivity contribution in [1.82, 2.24) is 0 Å². The molecule has 0 spiro atoms. The number of unbranched alkanes of at least 4 members (excludes halogenated alkanes) is 10. The lowest BCUT2D eigenvalue weighted by molar-refractivity contribution is -0.206. The van der Waals surface area contributed by atoms with Crippen molar-refractivity contribution in [1.29, 1.82) is 0 Å². The summed E-state index contributed by atoms with van der Waals surface area (Å²) in [5, 5.41) is 0. The van der Waals surface area contributed by atoms with Gasteiger partial charge in [-0.05, 0) is 72.7 Å². The molecule has 3 rings (SSSR count). The lowest BCUT2D eigenvalue weighted by atomic mass is 10.00. The SMILES string of the molecule is CCCCCCCCCCc1ccc(-c2ccc(C(=O)Oc3ccc(C(=O)O[C@H](CCCCCC)C(F)(F)F)cc3F)cc2)cc1. The molecule has 3 aromatic carbocycles. The normalized spacial score (nSPS) is 12.1. The number of aryl methyl sites for hydroxylation is 1. The van der Waals surface area contributed by atoms with Gasteiger partial charge in [0.05, 0.1) is 11.1 Å². The van der Waals surface area contributed by atoms with E-state index in [9.17, 15) is 27.2 Å². The van der Waals surface area contributed by atoms with Crippen LogP contribution >= 0.6 is 0 Å². The van der Waals surface area contributed by atoms with Gasteiger partial charge in [0.15, 0.2) is 17.7 Å². The molecule has 8 heteroatoms. The second-order valence-corrected chi connectivity index (χ2v) is 11.8. The molecule has 4 nitrogen and oxygen atoms in total. The van der Waals surface area contributed by atoms with Gasteiger partial charge in [-0.1, -0.05) is 114 Å². The summed E-state index contributed by atoms with van der Waals surface area (Å²) in [5.74, 6) is -3.64. The molecule has 1 atom stereocenters. The smallest absolute Gasteiger partial charge is 0.425 e. The van der Waals surface area contributed by atoms with Gasteiger partial charge >= 0.3 is 18.1 Å². The van der Waals surface area contributed by atoms with E-state index in [4.69, 9.17) is 4.74 Å². The molecule has 46 heavy (non-hydrogen) atoms. The van der Waals surface area contributed by atoms with Crippen molar-refractivity contribution in [2.24, 2.45) is 0 Å². The summed E-state index contributed by atoms with van der Waals surface area (Å²) >= 11 is 0. The summed E-state index contributed by atoms with van der Waals surface area (Å²) in [7, 11) is 0. The molecule has 0 saturated heterocycles. The highest BCUT2D eigenvalue weighted by atomic mass is 19.4. The van der Waals surface area contributed by atoms with Crippen LogP contribution in [0.2, 0.25) is 0 Å². The quantitative estimate of drug-likeness (QED) is 0.0565. The van der Waals surface area contributed by atoms with E-state index >= 15 is 0 Å². The number of rotatable bonds is 19. The molecule has 0 aliphatic heterocycles. The molecule has 0 aliphatic rings. The molecule has 0 unspecified atom stereocenters. The fourth-order valence-corrected chi connectivity index (χ4v) is 5.24. The second kappa shape index (κ2) is 19.1. The summed E-state index contributed by atoms with van der Waals surface area (Å²) < 4.78 is 64.7. The zero-order chi connectivity index (χ0) is 33.4. The van der Waals surface area contributed by atoms with Crippen LogP contribution in [0.3, 0.4) is 0 Å². The van der Waals surface area contributed by atoms with Crippen molar-refractivity contribution < 1.29 is 36.6 Å². The summed E-state index contributed by atoms with van der Waals surface area (Å²) in [5.41, 5.74) is 2.98. The molecule has 0 N–H and O–H groups in total. The average molecular weight is 643 g/mol. The maximum atomic E-state index is 14.7. The third kappa shape index (κ3) is 12.3. The molecule has 0 bridgehead atoms. The van der Waals surface area contributed by atoms with E-state index in [1.807, 2.05) is 6.92 Å². The molecule has 0 aliphatic carbocycles. The van der Waals surface area contributed by atoms with Gasteiger partial charge in [-0.2, -0.15) is 13.2 Å². The first-order chi connectivity index (χ1) is 22.1. The van der Waals surface area contributed by atoms with Crippen molar-refractivity contribution >= 4 is 11.9 Å². The molecule has 3 aromatic rings. The Bertz CT molecular complexity index is 1350. The van der Waals surface area contributed by atoms with Gasteiger partial charge in [0.2, 0.25) is 0 Å². The van der Waals surface area contributed by atoms with Gasteiger partial charge < -0.3 is 9.47 Å². The van der Waals surface area contributed by atoms with E-state index < -0.39 is 41.3 Å². The van der Waals surface area contributed by atoms with Gasteiger partial charge in [0.1, 0.15) is 0 Å². The van der Waals surface area contributed by atoms with Gasteiger partial charge in [0, 0.05) is 0 Å². The van der Waals surface area contributed by atoms with Crippen LogP contribution in [0.4, 0.5) is 17.6 Å². The van der Waals surface area contributed by atoms with Crippen LogP contribution in [0.15, 0.2) is 66.7 Å². The Morgan fingerprint density at radius 1 is 0.652 bits per heavy atom. The van der Waals surface area contributed by atoms with Crippen molar-refractivity contribution in [2.75, 3.05) is 0 Å². The van der Waals surface area contributed by atoms with Crippen LogP contribution in [0, 0.1) is 5.82 Å². The fourth-order valence-electron chi connectivity index (χ4n) is 5.24. The van der Waals surface area contributed by atoms with E-state index in [2.05, 4.69) is 35.9 Å². The Kier molecular flexibility index (Phi) is 15.3. The maximum Gasteiger partial charge on any atom is 0.425 e. The number of carbonyl (C=O) groups is 2. The first-order valence-electron chi connectivity index (χ1n) is 16.6. The molecular weight excluding hydrogens is 596 g/mol. The molecule has 0 radical (unpaired) electrons. The maximum absolute atomic E-state index is 14.7. The highest BCUT2D eigenvalue weighted by molar-refractivity contribution is 5.92. The van der Waals surface area contributed by atoms with E-state index in [1.54, 1.807) is 24.3 Å². The van der Waals surface area contributed by atoms with Gasteiger partial charge in [-0.15, -0.1) is 0 Å². The lowest BCUT2D eigenvalue weighted by Crippen LogP contribution is -2.33. The third-order valence-electron chi connectivity index (χ3n) is 8.03. The monoisotopic (exact) mass is 642 g/mol. The van der Waals surface area contributed by atoms with Gasteiger partial charge in [0.25, 0.3) is 0 Å². The number of halogens is 4. The van der Waals surface area contributed by atoms with Crippen LogP contribution in [-0.4, -0.2) is 24.2 Å². The van der Waals surface area contributed by atoms with Crippen LogP contribution < -0.4 is 4.74 Å². The zero-order valence-electron chi connectivity index (χ0n) is 27.0. The van der Waals surface area contributed by atoms with Gasteiger partial charge in [-0.25, -0.2) is 14.0 Å². The standard InChI is InChI=1S/C38H46F4O4/c1-3-5-7-9-10-11-12-13-15-28-17-19-29(20-18-28)30-21-23-31(24-22-30)36(43)45-34-26-25-32(27-33(34)39)37(44)46-35(38(40,41)42)16-14-8-6-4-2/h17-27,35H,3-16H2,1-2H3/t35-/m1/s1. The average Bonchev–Trinajstić information content (AvgIpc) is 3.04. The number of ether oxygens (including phenoxy) is 2. The van der Waals surface area contributed by atoms with E-state index in [-0.39, 0.29) is 18.4 Å². The topological polar surface area (TPSA) is 52.6 Å². The molecule has 0 amide bonds. The van der Waals surface area contributed by atoms with Crippen LogP contribution in [0.1, 0.15) is 124 Å². The predicted molar refractivity (Wildman–Crippen MR) is 174 cm³/mol. The minimum atomic E-state index is -4.73. The second-order valence-electron chi connectivity index (χ2n) is 11.8. The Labute approximate surface area is 270 Å². The minimum Gasteiger partial charge on any atom is -0.449 e. The van der Waals surface area contributed by atoms with Crippen molar-refractivity contribution in [2.45, 2.75) is 116 Å². The summed E-state index contributed by atoms with van der Waals surface area (Å²) in [4.78, 5) is 25.1. The number of alkyl halides is 3. The van der Waals surface area contributed by atoms with Crippen molar-refractivity contribution in [3.63, 3.8) is 0 Å². The summed E-state index contributed by atoms with van der Waals surface area (Å²) in [6.07, 6.45) is 6.43. The first-order valence-corrected chi connectivity index (χ1v) is 16.6. The Morgan fingerprint density at radius 3 is 1.74 bits per heavy atom. The van der Waals surface area contributed by atoms with Crippen LogP contribution in [0.25, 0.3) is 11.1 Å². The first kappa shape index (κ1) is 36.8. The number of hydrogen-bond acceptors (Lipinski definition) is 4. The molecule has 0 saturated carbocycles.